The second-order valence-electron chi connectivity index (χ2n) is 11.4. The van der Waals surface area contributed by atoms with Crippen LogP contribution >= 0.6 is 0 Å². The van der Waals surface area contributed by atoms with Crippen molar-refractivity contribution >= 4 is 16.0 Å². The molecule has 9 heteroatoms. The molecule has 0 radical (unpaired) electrons. The van der Waals surface area contributed by atoms with E-state index in [9.17, 15) is 22.7 Å². The number of carbonyl (C=O) groups is 1. The Morgan fingerprint density at radius 1 is 1.02 bits per heavy atom. The van der Waals surface area contributed by atoms with Gasteiger partial charge in [0, 0.05) is 37.7 Å². The van der Waals surface area contributed by atoms with Gasteiger partial charge in [-0.25, -0.2) is 12.8 Å². The third-order valence-corrected chi connectivity index (χ3v) is 9.44. The number of β-amino-alcohol motifs (C(OH)–C–C–N with tert-alkyl or cyclic N) is 1. The maximum absolute atomic E-state index is 14.9. The minimum atomic E-state index is -3.94. The van der Waals surface area contributed by atoms with Crippen molar-refractivity contribution in [3.05, 3.63) is 89.2 Å². The number of rotatable bonds is 16. The molecule has 0 aliphatic rings. The van der Waals surface area contributed by atoms with Gasteiger partial charge in [-0.15, -0.1) is 0 Å². The Morgan fingerprint density at radius 3 is 2.40 bits per heavy atom. The van der Waals surface area contributed by atoms with Crippen molar-refractivity contribution < 1.29 is 27.8 Å². The standard InChI is InChI=1S/C33H43FN2O5S/c1-5-25-21-27(32-26(17-19-31(38)39)14-9-15-29(32)34)16-18-30(25)42(40,41)36(4)23-28(37)22-35-33(2,3)20-10-13-24-11-7-6-8-12-24/h6-9,11-12,14-16,18,21,28,35,37H,5,10,13,17,19-20,22-23H2,1-4H3,(H,38,39)/t28-/m1/s1. The zero-order valence-electron chi connectivity index (χ0n) is 24.9. The molecule has 0 saturated heterocycles. The molecule has 0 aliphatic heterocycles. The molecular formula is C33H43FN2O5S. The van der Waals surface area contributed by atoms with E-state index in [1.54, 1.807) is 18.2 Å². The molecule has 0 heterocycles. The van der Waals surface area contributed by atoms with Gasteiger partial charge in [-0.3, -0.25) is 4.79 Å². The Bertz CT molecular complexity index is 1440. The Hall–Kier alpha value is -3.11. The molecule has 0 saturated carbocycles. The zero-order valence-corrected chi connectivity index (χ0v) is 25.8. The summed E-state index contributed by atoms with van der Waals surface area (Å²) in [7, 11) is -2.50. The number of hydrogen-bond acceptors (Lipinski definition) is 5. The van der Waals surface area contributed by atoms with Crippen LogP contribution in [0.15, 0.2) is 71.6 Å². The zero-order chi connectivity index (χ0) is 30.9. The normalized spacial score (nSPS) is 12.9. The van der Waals surface area contributed by atoms with Gasteiger partial charge in [-0.2, -0.15) is 4.31 Å². The largest absolute Gasteiger partial charge is 0.481 e. The molecule has 3 aromatic carbocycles. The number of aliphatic hydroxyl groups excluding tert-OH is 1. The number of nitrogens with zero attached hydrogens (tertiary/aromatic N) is 1. The second kappa shape index (κ2) is 14.9. The van der Waals surface area contributed by atoms with Crippen molar-refractivity contribution in [2.75, 3.05) is 20.1 Å². The molecular weight excluding hydrogens is 555 g/mol. The van der Waals surface area contributed by atoms with Crippen LogP contribution in [-0.4, -0.2) is 60.7 Å². The van der Waals surface area contributed by atoms with E-state index in [2.05, 4.69) is 31.3 Å². The fourth-order valence-electron chi connectivity index (χ4n) is 5.09. The van der Waals surface area contributed by atoms with Crippen LogP contribution in [0.3, 0.4) is 0 Å². The van der Waals surface area contributed by atoms with Gasteiger partial charge in [0.2, 0.25) is 10.0 Å². The van der Waals surface area contributed by atoms with Gasteiger partial charge in [0.1, 0.15) is 5.82 Å². The number of carboxylic acids is 1. The highest BCUT2D eigenvalue weighted by molar-refractivity contribution is 7.89. The Kier molecular flexibility index (Phi) is 11.8. The molecule has 228 valence electrons. The number of halogens is 1. The monoisotopic (exact) mass is 598 g/mol. The molecule has 0 fully saturated rings. The van der Waals surface area contributed by atoms with Crippen LogP contribution < -0.4 is 5.32 Å². The van der Waals surface area contributed by atoms with Gasteiger partial charge in [0.15, 0.2) is 0 Å². The third-order valence-electron chi connectivity index (χ3n) is 7.52. The summed E-state index contributed by atoms with van der Waals surface area (Å²) in [5, 5.41) is 23.2. The lowest BCUT2D eigenvalue weighted by atomic mass is 9.94. The van der Waals surface area contributed by atoms with E-state index >= 15 is 0 Å². The summed E-state index contributed by atoms with van der Waals surface area (Å²) < 4.78 is 43.1. The highest BCUT2D eigenvalue weighted by atomic mass is 32.2. The first kappa shape index (κ1) is 33.4. The van der Waals surface area contributed by atoms with E-state index in [4.69, 9.17) is 5.11 Å². The Labute approximate surface area is 249 Å². The van der Waals surface area contributed by atoms with Crippen LogP contribution in [0.5, 0.6) is 0 Å². The molecule has 3 aromatic rings. The van der Waals surface area contributed by atoms with Gasteiger partial charge >= 0.3 is 5.97 Å². The molecule has 0 bridgehead atoms. The SMILES string of the molecule is CCc1cc(-c2c(F)cccc2CCC(=O)O)ccc1S(=O)(=O)N(C)C[C@H](O)CNC(C)(C)CCCc1ccccc1. The van der Waals surface area contributed by atoms with Crippen molar-refractivity contribution in [3.63, 3.8) is 0 Å². The number of aliphatic hydroxyl groups is 1. The number of hydrogen-bond donors (Lipinski definition) is 3. The number of benzene rings is 3. The topological polar surface area (TPSA) is 107 Å². The number of aryl methyl sites for hydroxylation is 3. The van der Waals surface area contributed by atoms with Gasteiger partial charge in [0.05, 0.1) is 11.0 Å². The Morgan fingerprint density at radius 2 is 1.74 bits per heavy atom. The van der Waals surface area contributed by atoms with E-state index < -0.39 is 27.9 Å². The van der Waals surface area contributed by atoms with E-state index in [0.29, 0.717) is 23.1 Å². The number of carboxylic acid groups (broad SMARTS) is 1. The minimum absolute atomic E-state index is 0.0903. The fourth-order valence-corrected chi connectivity index (χ4v) is 6.57. The van der Waals surface area contributed by atoms with Crippen molar-refractivity contribution in [2.45, 2.75) is 75.8 Å². The molecule has 7 nitrogen and oxygen atoms in total. The predicted octanol–water partition coefficient (Wildman–Crippen LogP) is 5.44. The lowest BCUT2D eigenvalue weighted by molar-refractivity contribution is -0.136. The molecule has 0 unspecified atom stereocenters. The molecule has 0 aromatic heterocycles. The van der Waals surface area contributed by atoms with Crippen molar-refractivity contribution in [1.29, 1.82) is 0 Å². The van der Waals surface area contributed by atoms with Crippen LogP contribution in [0.25, 0.3) is 11.1 Å². The van der Waals surface area contributed by atoms with E-state index in [1.165, 1.54) is 30.8 Å². The third kappa shape index (κ3) is 9.19. The average molecular weight is 599 g/mol. The molecule has 3 N–H and O–H groups in total. The van der Waals surface area contributed by atoms with Crippen molar-refractivity contribution in [3.8, 4) is 11.1 Å². The summed E-state index contributed by atoms with van der Waals surface area (Å²) in [6.45, 7) is 6.12. The number of sulfonamides is 1. The molecule has 0 aliphatic carbocycles. The second-order valence-corrected chi connectivity index (χ2v) is 13.4. The smallest absolute Gasteiger partial charge is 0.303 e. The van der Waals surface area contributed by atoms with Gasteiger partial charge < -0.3 is 15.5 Å². The number of nitrogens with one attached hydrogen (secondary N) is 1. The minimum Gasteiger partial charge on any atom is -0.481 e. The van der Waals surface area contributed by atoms with Crippen LogP contribution in [-0.2, 0) is 34.1 Å². The molecule has 1 atom stereocenters. The first-order valence-corrected chi connectivity index (χ1v) is 15.8. The summed E-state index contributed by atoms with van der Waals surface area (Å²) in [4.78, 5) is 11.2. The number of likely N-dealkylation sites (N-methyl/N-ethyl adjacent to an activating group) is 1. The quantitative estimate of drug-likeness (QED) is 0.203. The summed E-state index contributed by atoms with van der Waals surface area (Å²) in [5.41, 5.74) is 2.88. The highest BCUT2D eigenvalue weighted by Gasteiger charge is 2.27. The van der Waals surface area contributed by atoms with Crippen LogP contribution in [0.1, 0.15) is 56.7 Å². The molecule has 3 rings (SSSR count). The van der Waals surface area contributed by atoms with Gasteiger partial charge in [-0.1, -0.05) is 55.5 Å². The summed E-state index contributed by atoms with van der Waals surface area (Å²) in [6.07, 6.45) is 2.33. The fraction of sp³-hybridized carbons (Fsp3) is 0.424. The predicted molar refractivity (Wildman–Crippen MR) is 164 cm³/mol. The molecule has 0 amide bonds. The first-order chi connectivity index (χ1) is 19.8. The summed E-state index contributed by atoms with van der Waals surface area (Å²) in [6, 6.07) is 19.5. The average Bonchev–Trinajstić information content (AvgIpc) is 2.95. The summed E-state index contributed by atoms with van der Waals surface area (Å²) in [5.74, 6) is -1.47. The van der Waals surface area contributed by atoms with Crippen LogP contribution in [0, 0.1) is 5.82 Å². The van der Waals surface area contributed by atoms with E-state index in [0.717, 1.165) is 23.6 Å². The van der Waals surface area contributed by atoms with Crippen molar-refractivity contribution in [1.82, 2.24) is 9.62 Å². The lowest BCUT2D eigenvalue weighted by Gasteiger charge is -2.29. The van der Waals surface area contributed by atoms with Gasteiger partial charge in [-0.05, 0) is 86.4 Å². The number of aliphatic carboxylic acids is 1. The van der Waals surface area contributed by atoms with E-state index in [1.807, 2.05) is 25.1 Å². The molecule has 0 spiro atoms. The maximum atomic E-state index is 14.9. The molecule has 42 heavy (non-hydrogen) atoms. The lowest BCUT2D eigenvalue weighted by Crippen LogP contribution is -2.46. The van der Waals surface area contributed by atoms with Crippen LogP contribution in [0.4, 0.5) is 4.39 Å². The van der Waals surface area contributed by atoms with Crippen molar-refractivity contribution in [2.24, 2.45) is 0 Å². The highest BCUT2D eigenvalue weighted by Crippen LogP contribution is 2.32. The van der Waals surface area contributed by atoms with Gasteiger partial charge in [0.25, 0.3) is 0 Å². The maximum Gasteiger partial charge on any atom is 0.303 e. The Balaban J connectivity index is 1.67. The first-order valence-electron chi connectivity index (χ1n) is 14.4. The van der Waals surface area contributed by atoms with E-state index in [-0.39, 0.29) is 41.9 Å². The van der Waals surface area contributed by atoms with Crippen LogP contribution in [0.2, 0.25) is 0 Å². The summed E-state index contributed by atoms with van der Waals surface area (Å²) >= 11 is 0.